The Bertz CT molecular complexity index is 4960. The van der Waals surface area contributed by atoms with Crippen molar-refractivity contribution in [1.29, 1.82) is 0 Å². The van der Waals surface area contributed by atoms with Crippen LogP contribution in [0.15, 0.2) is 90.4 Å². The fourth-order valence-corrected chi connectivity index (χ4v) is 17.6. The number of nitrogens with two attached hydrogens (primary N) is 1. The molecule has 0 aliphatic heterocycles. The van der Waals surface area contributed by atoms with Crippen molar-refractivity contribution in [2.45, 2.75) is 205 Å². The van der Waals surface area contributed by atoms with E-state index < -0.39 is 181 Å². The Morgan fingerprint density at radius 3 is 1.48 bits per heavy atom. The van der Waals surface area contributed by atoms with Crippen LogP contribution in [-0.4, -0.2) is 157 Å². The highest BCUT2D eigenvalue weighted by Crippen LogP contribution is 2.58. The van der Waals surface area contributed by atoms with Crippen LogP contribution in [0.3, 0.4) is 0 Å². The summed E-state index contributed by atoms with van der Waals surface area (Å²) < 4.78 is 172. The molecule has 13 atom stereocenters. The van der Waals surface area contributed by atoms with Crippen LogP contribution in [0.5, 0.6) is 0 Å². The second kappa shape index (κ2) is 37.0. The summed E-state index contributed by atoms with van der Waals surface area (Å²) >= 11 is 6.64. The molecule has 122 heavy (non-hydrogen) atoms. The van der Waals surface area contributed by atoms with Crippen molar-refractivity contribution in [1.82, 2.24) is 60.8 Å². The van der Waals surface area contributed by atoms with Crippen LogP contribution in [0.2, 0.25) is 5.02 Å². The van der Waals surface area contributed by atoms with E-state index in [0.29, 0.717) is 67.4 Å². The molecule has 9 amide bonds. The zero-order chi connectivity index (χ0) is 88.6. The number of hydrogen-bond acceptors (Lipinski definition) is 13. The number of nitrogens with one attached hydrogen (secondary N) is 8. The average Bonchev–Trinajstić information content (AvgIpc) is 1.59. The van der Waals surface area contributed by atoms with Crippen LogP contribution in [-0.2, 0) is 28.8 Å². The lowest BCUT2D eigenvalue weighted by Crippen LogP contribution is -2.50. The summed E-state index contributed by atoms with van der Waals surface area (Å²) in [6, 6.07) is 6.45. The summed E-state index contributed by atoms with van der Waals surface area (Å²) in [4.78, 5) is 129. The Morgan fingerprint density at radius 2 is 0.984 bits per heavy atom. The number of rotatable bonds is 38. The molecule has 3 aromatic carbocycles. The zero-order valence-electron chi connectivity index (χ0n) is 68.2. The van der Waals surface area contributed by atoms with Crippen molar-refractivity contribution < 1.29 is 95.8 Å². The van der Waals surface area contributed by atoms with E-state index in [1.807, 2.05) is 19.2 Å². The van der Waals surface area contributed by atoms with Crippen LogP contribution in [0, 0.1) is 77.6 Å². The standard InChI is InChI=1S/C84H99ClF12N16O9/c1-39(2)111-64(19-23-101-111)75(116)108-71(79(120)104-61-18-17-50(32-58(61)86)43(6)81(122)110(26-22-98)38-84(95,96)97)68(48-13-14-48)55-30-51(55)29-42(5)113-66(21-25-103-113)77(118)109-72(80(121)106-63-35-57(85)54(34-60(63)88)45(8)74(115)100-37-83(92,93)94)69(49-15-16-49)56-31-52(56)28-41(4)112-65(20-24-102-112)76(117)107-70(67(46-9-10-46)47-11-12-47)78(119)105-62-27-40(3)53(33-59(62)87)44(7)73(114)99-36-82(89,90)91/h17-21,23-25,27,32-35,39,41-48,51-52,55-56,67-68,70-72H,9-16,22,26,28-31,36-38,98H2,1-8H3,(H,99,114)(H,100,115)(H,104,120)(H,105,119)(H,106,121)(H,107,117)(H,108,116)(H,109,118)/t41?,42?,43-,44-,45+,51?,52?,55?,56?,68?,70-,71-,72-/m0/s1. The third-order valence-electron chi connectivity index (χ3n) is 24.1. The van der Waals surface area contributed by atoms with Gasteiger partial charge in [-0.15, -0.1) is 0 Å². The van der Waals surface area contributed by atoms with Crippen LogP contribution < -0.4 is 48.3 Å². The maximum Gasteiger partial charge on any atom is 0.406 e. The molecule has 3 heterocycles. The van der Waals surface area contributed by atoms with Gasteiger partial charge in [-0.2, -0.15) is 54.8 Å². The van der Waals surface area contributed by atoms with Crippen LogP contribution in [0.25, 0.3) is 0 Å². The second-order valence-corrected chi connectivity index (χ2v) is 34.2. The van der Waals surface area contributed by atoms with Crippen molar-refractivity contribution in [3.63, 3.8) is 0 Å². The zero-order valence-corrected chi connectivity index (χ0v) is 69.0. The SMILES string of the molecule is Cc1cc(NC(=O)[C@@H](NC(=O)c2ccnn2C(C)CC2CC2C(=C2CC2)[C@H](NC(=O)c2ccnn2C(C)CC2CC2C(C2CC2)[C@H](NC(=O)c2ccnn2C(C)C)C(=O)Nc2ccc([C@H](C)C(=O)N(CCN)CC(F)(F)F)cc2F)C(=O)Nc2cc(Cl)c([C@@H](C)C(=O)NCC(F)(F)F)cc2F)C(C2CC2)C2CC2)c(F)cc1[C@H](C)C(=O)NCC(F)(F)F. The average molecular weight is 1740 g/mol. The highest BCUT2D eigenvalue weighted by atomic mass is 35.5. The monoisotopic (exact) mass is 1740 g/mol. The number of amides is 9. The molecule has 0 spiro atoms. The summed E-state index contributed by atoms with van der Waals surface area (Å²) in [6.45, 7) is 7.07. The van der Waals surface area contributed by atoms with Gasteiger partial charge in [0.25, 0.3) is 23.6 Å². The van der Waals surface area contributed by atoms with E-state index in [2.05, 4.69) is 47.2 Å². The number of hydrogen-bond donors (Lipinski definition) is 9. The molecule has 3 aromatic heterocycles. The largest absolute Gasteiger partial charge is 0.406 e. The van der Waals surface area contributed by atoms with Gasteiger partial charge in [-0.1, -0.05) is 23.2 Å². The fourth-order valence-electron chi connectivity index (χ4n) is 17.2. The molecule has 10 N–H and O–H groups in total. The Hall–Kier alpha value is -10.3. The molecule has 12 rings (SSSR count). The fraction of sp³-hybridized carbons (Fsp3) is 0.548. The number of aromatic nitrogens is 6. The van der Waals surface area contributed by atoms with Gasteiger partial charge in [0.1, 0.15) is 72.3 Å². The van der Waals surface area contributed by atoms with Gasteiger partial charge in [0.15, 0.2) is 0 Å². The number of halogens is 13. The maximum atomic E-state index is 16.5. The van der Waals surface area contributed by atoms with E-state index in [1.165, 1.54) is 96.7 Å². The van der Waals surface area contributed by atoms with Crippen molar-refractivity contribution >= 4 is 81.8 Å². The van der Waals surface area contributed by atoms with Crippen LogP contribution in [0.4, 0.5) is 69.7 Å². The van der Waals surface area contributed by atoms with Gasteiger partial charge in [0.2, 0.25) is 29.5 Å². The molecule has 6 fully saturated rings. The molecule has 7 unspecified atom stereocenters. The summed E-state index contributed by atoms with van der Waals surface area (Å²) in [5.41, 5.74) is 6.10. The molecule has 6 aliphatic rings. The predicted octanol–water partition coefficient (Wildman–Crippen LogP) is 13.6. The molecule has 6 aliphatic carbocycles. The van der Waals surface area contributed by atoms with Gasteiger partial charge in [0, 0.05) is 42.7 Å². The van der Waals surface area contributed by atoms with Gasteiger partial charge >= 0.3 is 18.5 Å². The van der Waals surface area contributed by atoms with Gasteiger partial charge in [-0.25, -0.2) is 13.2 Å². The Morgan fingerprint density at radius 1 is 0.525 bits per heavy atom. The molecule has 6 aromatic rings. The number of carbonyl (C=O) groups excluding carboxylic acids is 9. The minimum absolute atomic E-state index is 0.0119. The lowest BCUT2D eigenvalue weighted by molar-refractivity contribution is -0.161. The molecule has 25 nitrogen and oxygen atoms in total. The topological polar surface area (TPSA) is 333 Å². The third-order valence-corrected chi connectivity index (χ3v) is 24.4. The van der Waals surface area contributed by atoms with E-state index in [0.717, 1.165) is 55.5 Å². The normalized spacial score (nSPS) is 19.8. The summed E-state index contributed by atoms with van der Waals surface area (Å²) in [5.74, 6) is -16.6. The van der Waals surface area contributed by atoms with Gasteiger partial charge in [0.05, 0.1) is 46.9 Å². The lowest BCUT2D eigenvalue weighted by atomic mass is 9.86. The Balaban J connectivity index is 0.769. The summed E-state index contributed by atoms with van der Waals surface area (Å²) in [5, 5.41) is 33.4. The van der Waals surface area contributed by atoms with Crippen molar-refractivity contribution in [3.05, 3.63) is 152 Å². The van der Waals surface area contributed by atoms with Crippen LogP contribution in [0.1, 0.15) is 215 Å². The summed E-state index contributed by atoms with van der Waals surface area (Å²) in [7, 11) is 0. The molecule has 0 bridgehead atoms. The number of nitrogens with zero attached hydrogens (tertiary/aromatic N) is 7. The second-order valence-electron chi connectivity index (χ2n) is 33.8. The highest BCUT2D eigenvalue weighted by molar-refractivity contribution is 6.32. The summed E-state index contributed by atoms with van der Waals surface area (Å²) in [6.07, 6.45) is -2.88. The first-order valence-corrected chi connectivity index (χ1v) is 41.4. The third kappa shape index (κ3) is 22.4. The van der Waals surface area contributed by atoms with Gasteiger partial charge in [-0.3, -0.25) is 57.2 Å². The maximum absolute atomic E-state index is 16.5. The number of carbonyl (C=O) groups is 9. The number of benzene rings is 3. The number of allylic oxidation sites excluding steroid dienone is 1. The molecular formula is C84H99ClF12N16O9. The first-order chi connectivity index (χ1) is 57.5. The molecule has 38 heteroatoms. The molecule has 0 radical (unpaired) electrons. The van der Waals surface area contributed by atoms with Crippen molar-refractivity contribution in [3.8, 4) is 0 Å². The quantitative estimate of drug-likeness (QED) is 0.0129. The van der Waals surface area contributed by atoms with Gasteiger partial charge < -0.3 is 53.2 Å². The van der Waals surface area contributed by atoms with Crippen molar-refractivity contribution in [2.75, 3.05) is 48.7 Å². The number of alkyl halides is 9. The van der Waals surface area contributed by atoms with Crippen molar-refractivity contribution in [2.24, 2.45) is 59.0 Å². The molecule has 0 saturated heterocycles. The minimum Gasteiger partial charge on any atom is -0.346 e. The minimum atomic E-state index is -4.77. The van der Waals surface area contributed by atoms with E-state index >= 15 is 22.8 Å². The highest BCUT2D eigenvalue weighted by Gasteiger charge is 2.55. The van der Waals surface area contributed by atoms with E-state index in [-0.39, 0.29) is 104 Å². The predicted molar refractivity (Wildman–Crippen MR) is 424 cm³/mol. The number of anilines is 3. The lowest BCUT2D eigenvalue weighted by Gasteiger charge is -2.29. The number of aryl methyl sites for hydroxylation is 1. The van der Waals surface area contributed by atoms with Crippen LogP contribution >= 0.6 is 11.6 Å². The molecule has 6 saturated carbocycles. The molecule has 660 valence electrons. The van der Waals surface area contributed by atoms with Gasteiger partial charge in [-0.05, 0) is 268 Å². The van der Waals surface area contributed by atoms with E-state index in [4.69, 9.17) is 17.3 Å². The first-order valence-electron chi connectivity index (χ1n) is 41.0. The van der Waals surface area contributed by atoms with E-state index in [9.17, 15) is 73.1 Å². The Labute approximate surface area is 700 Å². The smallest absolute Gasteiger partial charge is 0.346 e. The van der Waals surface area contributed by atoms with E-state index in [1.54, 1.807) is 19.2 Å². The molecular weight excluding hydrogens is 1640 g/mol. The first kappa shape index (κ1) is 90.9. The Kier molecular flexibility index (Phi) is 27.6.